The van der Waals surface area contributed by atoms with Crippen LogP contribution in [-0.4, -0.2) is 5.91 Å². The molecular weight excluding hydrogens is 198 g/mol. The summed E-state index contributed by atoms with van der Waals surface area (Å²) in [5.41, 5.74) is 2.18. The summed E-state index contributed by atoms with van der Waals surface area (Å²) < 4.78 is 0. The lowest BCUT2D eigenvalue weighted by Gasteiger charge is -2.09. The van der Waals surface area contributed by atoms with Gasteiger partial charge < -0.3 is 5.32 Å². The number of hydrogen-bond acceptors (Lipinski definition) is 1. The van der Waals surface area contributed by atoms with Gasteiger partial charge in [-0.15, -0.1) is 0 Å². The van der Waals surface area contributed by atoms with E-state index in [2.05, 4.69) is 30.4 Å². The number of aryl methyl sites for hydroxylation is 1. The van der Waals surface area contributed by atoms with E-state index >= 15 is 0 Å². The molecule has 1 aromatic carbocycles. The first-order valence-corrected chi connectivity index (χ1v) is 5.86. The number of carbonyl (C=O) groups excluding carboxylic acids is 1. The van der Waals surface area contributed by atoms with Gasteiger partial charge in [0, 0.05) is 5.69 Å². The van der Waals surface area contributed by atoms with E-state index in [9.17, 15) is 4.79 Å². The van der Waals surface area contributed by atoms with Crippen molar-refractivity contribution in [2.24, 2.45) is 5.92 Å². The van der Waals surface area contributed by atoms with Gasteiger partial charge in [-0.1, -0.05) is 31.2 Å². The second-order valence-electron chi connectivity index (χ2n) is 4.15. The third-order valence-electron chi connectivity index (χ3n) is 2.98. The molecule has 0 spiro atoms. The van der Waals surface area contributed by atoms with Crippen molar-refractivity contribution in [1.82, 2.24) is 0 Å². The second kappa shape index (κ2) is 4.97. The van der Waals surface area contributed by atoms with E-state index in [0.717, 1.165) is 24.9 Å². The molecule has 0 aliphatic heterocycles. The largest absolute Gasteiger partial charge is 0.326 e. The van der Waals surface area contributed by atoms with E-state index in [-0.39, 0.29) is 11.8 Å². The molecule has 2 rings (SSSR count). The van der Waals surface area contributed by atoms with Crippen LogP contribution in [0.25, 0.3) is 0 Å². The number of allylic oxidation sites excluding steroid dienone is 1. The molecule has 1 aromatic rings. The summed E-state index contributed by atoms with van der Waals surface area (Å²) in [7, 11) is 0. The fourth-order valence-corrected chi connectivity index (χ4v) is 1.91. The van der Waals surface area contributed by atoms with Crippen LogP contribution in [0, 0.1) is 5.92 Å². The molecule has 0 bridgehead atoms. The molecule has 0 aromatic heterocycles. The molecule has 84 valence electrons. The molecule has 16 heavy (non-hydrogen) atoms. The fourth-order valence-electron chi connectivity index (χ4n) is 1.91. The highest BCUT2D eigenvalue weighted by molar-refractivity contribution is 5.93. The minimum absolute atomic E-state index is 0.0610. The molecule has 0 saturated heterocycles. The van der Waals surface area contributed by atoms with Gasteiger partial charge in [0.2, 0.25) is 5.91 Å². The van der Waals surface area contributed by atoms with Gasteiger partial charge in [0.1, 0.15) is 0 Å². The van der Waals surface area contributed by atoms with Crippen molar-refractivity contribution in [1.29, 1.82) is 0 Å². The van der Waals surface area contributed by atoms with Crippen LogP contribution in [0.2, 0.25) is 0 Å². The zero-order valence-corrected chi connectivity index (χ0v) is 9.57. The highest BCUT2D eigenvalue weighted by Gasteiger charge is 2.17. The van der Waals surface area contributed by atoms with Crippen LogP contribution < -0.4 is 5.32 Å². The quantitative estimate of drug-likeness (QED) is 0.771. The predicted molar refractivity (Wildman–Crippen MR) is 66.3 cm³/mol. The Kier molecular flexibility index (Phi) is 3.40. The van der Waals surface area contributed by atoms with Gasteiger partial charge in [0.05, 0.1) is 5.92 Å². The lowest BCUT2D eigenvalue weighted by atomic mass is 10.1. The summed E-state index contributed by atoms with van der Waals surface area (Å²) in [4.78, 5) is 11.8. The summed E-state index contributed by atoms with van der Waals surface area (Å²) in [5.74, 6) is 0.170. The molecule has 1 aliphatic rings. The average Bonchev–Trinajstić information content (AvgIpc) is 2.83. The summed E-state index contributed by atoms with van der Waals surface area (Å²) in [6, 6.07) is 8.05. The SMILES string of the molecule is CCc1ccc(NC(=O)C2C=CCC2)cc1. The Morgan fingerprint density at radius 3 is 2.69 bits per heavy atom. The van der Waals surface area contributed by atoms with Gasteiger partial charge in [0.15, 0.2) is 0 Å². The highest BCUT2D eigenvalue weighted by Crippen LogP contribution is 2.19. The molecule has 0 saturated carbocycles. The molecular formula is C14H17NO. The maximum Gasteiger partial charge on any atom is 0.231 e. The molecule has 0 fully saturated rings. The molecule has 1 N–H and O–H groups in total. The fraction of sp³-hybridized carbons (Fsp3) is 0.357. The van der Waals surface area contributed by atoms with E-state index in [1.807, 2.05) is 18.2 Å². The van der Waals surface area contributed by atoms with Crippen LogP contribution in [-0.2, 0) is 11.2 Å². The first kappa shape index (κ1) is 10.9. The van der Waals surface area contributed by atoms with Crippen molar-refractivity contribution in [3.63, 3.8) is 0 Å². The van der Waals surface area contributed by atoms with Crippen LogP contribution in [0.4, 0.5) is 5.69 Å². The van der Waals surface area contributed by atoms with Crippen molar-refractivity contribution < 1.29 is 4.79 Å². The third-order valence-corrected chi connectivity index (χ3v) is 2.98. The maximum atomic E-state index is 11.8. The normalized spacial score (nSPS) is 18.7. The van der Waals surface area contributed by atoms with E-state index in [1.54, 1.807) is 0 Å². The minimum Gasteiger partial charge on any atom is -0.326 e. The predicted octanol–water partition coefficient (Wildman–Crippen LogP) is 3.15. The topological polar surface area (TPSA) is 29.1 Å². The number of rotatable bonds is 3. The number of amides is 1. The van der Waals surface area contributed by atoms with Crippen LogP contribution in [0.15, 0.2) is 36.4 Å². The van der Waals surface area contributed by atoms with Crippen molar-refractivity contribution in [2.75, 3.05) is 5.32 Å². The molecule has 2 heteroatoms. The van der Waals surface area contributed by atoms with Gasteiger partial charge in [-0.25, -0.2) is 0 Å². The number of benzene rings is 1. The summed E-state index contributed by atoms with van der Waals surface area (Å²) in [5, 5.41) is 2.94. The van der Waals surface area contributed by atoms with E-state index in [1.165, 1.54) is 5.56 Å². The zero-order chi connectivity index (χ0) is 11.4. The number of hydrogen-bond donors (Lipinski definition) is 1. The molecule has 0 radical (unpaired) electrons. The molecule has 1 atom stereocenters. The highest BCUT2D eigenvalue weighted by atomic mass is 16.1. The van der Waals surface area contributed by atoms with Crippen molar-refractivity contribution in [2.45, 2.75) is 26.2 Å². The smallest absolute Gasteiger partial charge is 0.231 e. The molecule has 2 nitrogen and oxygen atoms in total. The van der Waals surface area contributed by atoms with Gasteiger partial charge in [-0.05, 0) is 37.0 Å². The van der Waals surface area contributed by atoms with Gasteiger partial charge in [-0.3, -0.25) is 4.79 Å². The summed E-state index contributed by atoms with van der Waals surface area (Å²) >= 11 is 0. The van der Waals surface area contributed by atoms with E-state index in [4.69, 9.17) is 0 Å². The molecule has 0 heterocycles. The number of nitrogens with one attached hydrogen (secondary N) is 1. The Hall–Kier alpha value is -1.57. The van der Waals surface area contributed by atoms with Crippen LogP contribution in [0.1, 0.15) is 25.3 Å². The first-order valence-electron chi connectivity index (χ1n) is 5.86. The molecule has 1 amide bonds. The first-order chi connectivity index (χ1) is 7.79. The average molecular weight is 215 g/mol. The van der Waals surface area contributed by atoms with Crippen LogP contribution >= 0.6 is 0 Å². The molecule has 1 aliphatic carbocycles. The van der Waals surface area contributed by atoms with E-state index in [0.29, 0.717) is 0 Å². The zero-order valence-electron chi connectivity index (χ0n) is 9.57. The Bertz CT molecular complexity index is 392. The number of carbonyl (C=O) groups is 1. The Labute approximate surface area is 96.4 Å². The van der Waals surface area contributed by atoms with Crippen LogP contribution in [0.3, 0.4) is 0 Å². The Balaban J connectivity index is 1.97. The second-order valence-corrected chi connectivity index (χ2v) is 4.15. The number of anilines is 1. The van der Waals surface area contributed by atoms with Gasteiger partial charge in [0.25, 0.3) is 0 Å². The van der Waals surface area contributed by atoms with Crippen molar-refractivity contribution in [3.05, 3.63) is 42.0 Å². The lowest BCUT2D eigenvalue weighted by Crippen LogP contribution is -2.19. The van der Waals surface area contributed by atoms with Crippen molar-refractivity contribution >= 4 is 11.6 Å². The van der Waals surface area contributed by atoms with Gasteiger partial charge in [-0.2, -0.15) is 0 Å². The molecule has 1 unspecified atom stereocenters. The monoisotopic (exact) mass is 215 g/mol. The van der Waals surface area contributed by atoms with Crippen LogP contribution in [0.5, 0.6) is 0 Å². The summed E-state index contributed by atoms with van der Waals surface area (Å²) in [6.07, 6.45) is 7.06. The lowest BCUT2D eigenvalue weighted by molar-refractivity contribution is -0.118. The maximum absolute atomic E-state index is 11.8. The third kappa shape index (κ3) is 2.51. The standard InChI is InChI=1S/C14H17NO/c1-2-11-7-9-13(10-8-11)15-14(16)12-5-3-4-6-12/h3,5,7-10,12H,2,4,6H2,1H3,(H,15,16). The van der Waals surface area contributed by atoms with E-state index < -0.39 is 0 Å². The Morgan fingerprint density at radius 2 is 2.12 bits per heavy atom. The van der Waals surface area contributed by atoms with Crippen molar-refractivity contribution in [3.8, 4) is 0 Å². The summed E-state index contributed by atoms with van der Waals surface area (Å²) in [6.45, 7) is 2.12. The minimum atomic E-state index is 0.0610. The van der Waals surface area contributed by atoms with Gasteiger partial charge >= 0.3 is 0 Å². The Morgan fingerprint density at radius 1 is 1.38 bits per heavy atom.